The summed E-state index contributed by atoms with van der Waals surface area (Å²) in [6.07, 6.45) is 0.178. The van der Waals surface area contributed by atoms with Gasteiger partial charge in [0, 0.05) is 11.8 Å². The molecule has 162 valence electrons. The van der Waals surface area contributed by atoms with Crippen LogP contribution < -0.4 is 11.1 Å². The van der Waals surface area contributed by atoms with Crippen LogP contribution in [0, 0.1) is 12.8 Å². The van der Waals surface area contributed by atoms with E-state index in [1.807, 2.05) is 43.5 Å². The van der Waals surface area contributed by atoms with Gasteiger partial charge in [-0.2, -0.15) is 28.1 Å². The van der Waals surface area contributed by atoms with Crippen LogP contribution in [0.1, 0.15) is 37.2 Å². The van der Waals surface area contributed by atoms with Gasteiger partial charge in [0.2, 0.25) is 17.7 Å². The first kappa shape index (κ1) is 20.6. The van der Waals surface area contributed by atoms with Crippen molar-refractivity contribution in [2.24, 2.45) is 5.92 Å². The van der Waals surface area contributed by atoms with E-state index in [2.05, 4.69) is 35.2 Å². The molecule has 1 atom stereocenters. The van der Waals surface area contributed by atoms with Gasteiger partial charge in [0.05, 0.1) is 29.6 Å². The van der Waals surface area contributed by atoms with Crippen LogP contribution in [-0.2, 0) is 6.18 Å². The number of H-pyrrole nitrogens is 1. The average molecular weight is 431 g/mol. The number of nitrogen functional groups attached to an aromatic ring is 1. The van der Waals surface area contributed by atoms with Crippen molar-refractivity contribution in [3.05, 3.63) is 48.1 Å². The second kappa shape index (κ2) is 7.52. The maximum Gasteiger partial charge on any atom is 0.449 e. The van der Waals surface area contributed by atoms with Gasteiger partial charge < -0.3 is 20.4 Å². The fraction of sp³-hybridized carbons (Fsp3) is 0.316. The summed E-state index contributed by atoms with van der Waals surface area (Å²) in [4.78, 5) is 22.8. The zero-order chi connectivity index (χ0) is 22.3. The zero-order valence-corrected chi connectivity index (χ0v) is 16.9. The van der Waals surface area contributed by atoms with Crippen LogP contribution in [0.4, 0.5) is 25.1 Å². The van der Waals surface area contributed by atoms with E-state index in [-0.39, 0.29) is 23.5 Å². The van der Waals surface area contributed by atoms with Crippen molar-refractivity contribution in [3.63, 3.8) is 0 Å². The molecule has 4 aromatic rings. The van der Waals surface area contributed by atoms with E-state index >= 15 is 0 Å². The Balaban J connectivity index is 1.68. The Morgan fingerprint density at radius 2 is 1.87 bits per heavy atom. The fourth-order valence-corrected chi connectivity index (χ4v) is 3.22. The highest BCUT2D eigenvalue weighted by atomic mass is 19.4. The van der Waals surface area contributed by atoms with E-state index in [1.54, 1.807) is 6.20 Å². The second-order valence-corrected chi connectivity index (χ2v) is 7.41. The van der Waals surface area contributed by atoms with Crippen LogP contribution in [-0.4, -0.2) is 34.3 Å². The minimum Gasteiger partial charge on any atom is -0.368 e. The summed E-state index contributed by atoms with van der Waals surface area (Å²) in [6, 6.07) is 3.15. The summed E-state index contributed by atoms with van der Waals surface area (Å²) in [5, 5.41) is 3.05. The number of fused-ring (bicyclic) bond motifs is 1. The van der Waals surface area contributed by atoms with Gasteiger partial charge >= 0.3 is 6.18 Å². The summed E-state index contributed by atoms with van der Waals surface area (Å²) in [5.41, 5.74) is 7.75. The van der Waals surface area contributed by atoms with Gasteiger partial charge in [-0.15, -0.1) is 0 Å². The van der Waals surface area contributed by atoms with Gasteiger partial charge in [-0.1, -0.05) is 13.8 Å². The Labute approximate surface area is 175 Å². The predicted octanol–water partition coefficient (Wildman–Crippen LogP) is 3.63. The summed E-state index contributed by atoms with van der Waals surface area (Å²) in [5.74, 6) is 0.0949. The van der Waals surface area contributed by atoms with Crippen molar-refractivity contribution in [2.75, 3.05) is 11.1 Å². The molecule has 0 aliphatic rings. The zero-order valence-electron chi connectivity index (χ0n) is 16.9. The first-order chi connectivity index (χ1) is 14.6. The summed E-state index contributed by atoms with van der Waals surface area (Å²) >= 11 is 0. The lowest BCUT2D eigenvalue weighted by molar-refractivity contribution is -0.144. The molecule has 0 spiro atoms. The molecule has 4 N–H and O–H groups in total. The third-order valence-electron chi connectivity index (χ3n) is 4.77. The second-order valence-electron chi connectivity index (χ2n) is 7.41. The highest BCUT2D eigenvalue weighted by molar-refractivity contribution is 5.61. The highest BCUT2D eigenvalue weighted by Crippen LogP contribution is 2.30. The number of aromatic amines is 1. The number of hydrogen-bond acceptors (Lipinski definition) is 7. The SMILES string of the molecule is Cc1ncc2ccc(-c3nc(N)nc(N[C@H](c4cnc(C(F)(F)F)[nH]4)C(C)C)n3)cn12. The summed E-state index contributed by atoms with van der Waals surface area (Å²) in [7, 11) is 0. The lowest BCUT2D eigenvalue weighted by Crippen LogP contribution is -2.20. The molecule has 12 heteroatoms. The van der Waals surface area contributed by atoms with Crippen LogP contribution >= 0.6 is 0 Å². The van der Waals surface area contributed by atoms with Crippen molar-refractivity contribution in [1.29, 1.82) is 0 Å². The van der Waals surface area contributed by atoms with Gasteiger partial charge in [0.25, 0.3) is 0 Å². The lowest BCUT2D eigenvalue weighted by Gasteiger charge is -2.21. The Morgan fingerprint density at radius 1 is 1.10 bits per heavy atom. The molecule has 0 radical (unpaired) electrons. The number of hydrogen-bond donors (Lipinski definition) is 3. The maximum absolute atomic E-state index is 12.9. The molecule has 0 amide bonds. The molecule has 0 aliphatic carbocycles. The van der Waals surface area contributed by atoms with E-state index in [0.717, 1.165) is 17.5 Å². The van der Waals surface area contributed by atoms with Crippen molar-refractivity contribution in [3.8, 4) is 11.4 Å². The molecule has 0 aliphatic heterocycles. The van der Waals surface area contributed by atoms with Crippen LogP contribution in [0.5, 0.6) is 0 Å². The van der Waals surface area contributed by atoms with Gasteiger partial charge in [-0.3, -0.25) is 0 Å². The number of alkyl halides is 3. The van der Waals surface area contributed by atoms with Gasteiger partial charge in [-0.05, 0) is 25.0 Å². The number of aryl methyl sites for hydroxylation is 1. The Hall–Kier alpha value is -3.70. The van der Waals surface area contributed by atoms with E-state index in [0.29, 0.717) is 11.4 Å². The van der Waals surface area contributed by atoms with E-state index in [1.165, 1.54) is 0 Å². The molecule has 0 aromatic carbocycles. The molecule has 0 bridgehead atoms. The maximum atomic E-state index is 12.9. The number of halogens is 3. The number of nitrogens with one attached hydrogen (secondary N) is 2. The molecule has 4 heterocycles. The van der Waals surface area contributed by atoms with Crippen molar-refractivity contribution >= 4 is 17.4 Å². The van der Waals surface area contributed by atoms with Crippen LogP contribution in [0.3, 0.4) is 0 Å². The van der Waals surface area contributed by atoms with E-state index < -0.39 is 18.0 Å². The molecular weight excluding hydrogens is 411 g/mol. The molecular formula is C19H20F3N9. The number of rotatable bonds is 5. The van der Waals surface area contributed by atoms with E-state index in [9.17, 15) is 13.2 Å². The van der Waals surface area contributed by atoms with Gasteiger partial charge in [0.15, 0.2) is 5.82 Å². The minimum absolute atomic E-state index is 0.0157. The number of nitrogens with zero attached hydrogens (tertiary/aromatic N) is 6. The van der Waals surface area contributed by atoms with Gasteiger partial charge in [-0.25, -0.2) is 9.97 Å². The molecule has 0 unspecified atom stereocenters. The number of aromatic nitrogens is 7. The van der Waals surface area contributed by atoms with Gasteiger partial charge in [0.1, 0.15) is 5.82 Å². The molecule has 4 rings (SSSR count). The van der Waals surface area contributed by atoms with Crippen molar-refractivity contribution in [1.82, 2.24) is 34.3 Å². The summed E-state index contributed by atoms with van der Waals surface area (Å²) < 4.78 is 40.7. The lowest BCUT2D eigenvalue weighted by atomic mass is 10.0. The van der Waals surface area contributed by atoms with Crippen molar-refractivity contribution in [2.45, 2.75) is 33.0 Å². The predicted molar refractivity (Wildman–Crippen MR) is 108 cm³/mol. The standard InChI is InChI=1S/C19H20F3N9/c1-9(2)14(13-7-25-16(26-13)19(20,21)22)27-18-29-15(28-17(23)30-18)11-4-5-12-6-24-10(3)31(12)8-11/h4-9,14H,1-3H3,(H,25,26)(H3,23,27,28,29,30)/t14-/m0/s1. The topological polar surface area (TPSA) is 123 Å². The van der Waals surface area contributed by atoms with Crippen LogP contribution in [0.2, 0.25) is 0 Å². The van der Waals surface area contributed by atoms with Crippen LogP contribution in [0.15, 0.2) is 30.7 Å². The normalized spacial score (nSPS) is 13.1. The molecule has 4 aromatic heterocycles. The molecule has 31 heavy (non-hydrogen) atoms. The first-order valence-corrected chi connectivity index (χ1v) is 9.46. The number of pyridine rings is 1. The quantitative estimate of drug-likeness (QED) is 0.441. The van der Waals surface area contributed by atoms with E-state index in [4.69, 9.17) is 5.73 Å². The number of anilines is 2. The monoisotopic (exact) mass is 431 g/mol. The Morgan fingerprint density at radius 3 is 2.55 bits per heavy atom. The van der Waals surface area contributed by atoms with Crippen LogP contribution in [0.25, 0.3) is 16.9 Å². The molecule has 9 nitrogen and oxygen atoms in total. The number of imidazole rings is 2. The Kier molecular flexibility index (Phi) is 4.99. The number of nitrogens with two attached hydrogens (primary N) is 1. The molecule has 0 saturated heterocycles. The first-order valence-electron chi connectivity index (χ1n) is 9.46. The largest absolute Gasteiger partial charge is 0.449 e. The Bertz CT molecular complexity index is 1230. The minimum atomic E-state index is -4.56. The average Bonchev–Trinajstić information content (AvgIpc) is 3.32. The van der Waals surface area contributed by atoms with Crippen molar-refractivity contribution < 1.29 is 13.2 Å². The third kappa shape index (κ3) is 4.13. The molecule has 0 fully saturated rings. The molecule has 0 saturated carbocycles. The fourth-order valence-electron chi connectivity index (χ4n) is 3.22. The smallest absolute Gasteiger partial charge is 0.368 e. The highest BCUT2D eigenvalue weighted by Gasteiger charge is 2.35. The third-order valence-corrected chi connectivity index (χ3v) is 4.77. The summed E-state index contributed by atoms with van der Waals surface area (Å²) in [6.45, 7) is 5.58.